The summed E-state index contributed by atoms with van der Waals surface area (Å²) >= 11 is 0. The molecule has 3 aromatic rings. The third-order valence-corrected chi connectivity index (χ3v) is 4.79. The number of aromatic nitrogens is 4. The SMILES string of the molecule is COc1ccc([C@@H]2CC(=O)c3cnn(-c4nc(C)cc(C)n4)c3C2)cc1. The predicted octanol–water partition coefficient (Wildman–Crippen LogP) is 3.20. The molecular formula is C20H20N4O2. The van der Waals surface area contributed by atoms with Crippen LogP contribution < -0.4 is 4.74 Å². The lowest BCUT2D eigenvalue weighted by Crippen LogP contribution is -2.21. The summed E-state index contributed by atoms with van der Waals surface area (Å²) in [4.78, 5) is 21.6. The Labute approximate surface area is 151 Å². The normalized spacial score (nSPS) is 16.4. The first-order valence-corrected chi connectivity index (χ1v) is 8.62. The fourth-order valence-electron chi connectivity index (χ4n) is 3.53. The lowest BCUT2D eigenvalue weighted by Gasteiger charge is -2.22. The maximum atomic E-state index is 12.7. The number of Topliss-reactive ketones (excluding diaryl/α,β-unsaturated/α-hetero) is 1. The number of benzene rings is 1. The molecule has 2 heterocycles. The summed E-state index contributed by atoms with van der Waals surface area (Å²) in [6.45, 7) is 3.86. The molecule has 0 amide bonds. The van der Waals surface area contributed by atoms with Crippen LogP contribution in [0.15, 0.2) is 36.5 Å². The van der Waals surface area contributed by atoms with Gasteiger partial charge in [0.25, 0.3) is 5.95 Å². The zero-order chi connectivity index (χ0) is 18.3. The molecule has 0 bridgehead atoms. The van der Waals surface area contributed by atoms with Crippen molar-refractivity contribution in [1.82, 2.24) is 19.7 Å². The van der Waals surface area contributed by atoms with Crippen LogP contribution in [0, 0.1) is 13.8 Å². The Hall–Kier alpha value is -3.02. The highest BCUT2D eigenvalue weighted by molar-refractivity contribution is 5.98. The number of rotatable bonds is 3. The van der Waals surface area contributed by atoms with Crippen molar-refractivity contribution in [3.8, 4) is 11.7 Å². The van der Waals surface area contributed by atoms with Gasteiger partial charge in [-0.3, -0.25) is 4.79 Å². The molecule has 0 saturated heterocycles. The van der Waals surface area contributed by atoms with Crippen LogP contribution >= 0.6 is 0 Å². The van der Waals surface area contributed by atoms with E-state index >= 15 is 0 Å². The topological polar surface area (TPSA) is 69.9 Å². The third kappa shape index (κ3) is 2.87. The number of nitrogens with zero attached hydrogens (tertiary/aromatic N) is 4. The Morgan fingerprint density at radius 2 is 1.77 bits per heavy atom. The zero-order valence-corrected chi connectivity index (χ0v) is 15.1. The van der Waals surface area contributed by atoms with Gasteiger partial charge in [0.2, 0.25) is 0 Å². The Morgan fingerprint density at radius 3 is 2.42 bits per heavy atom. The summed E-state index contributed by atoms with van der Waals surface area (Å²) in [6, 6.07) is 9.83. The van der Waals surface area contributed by atoms with Crippen molar-refractivity contribution in [2.45, 2.75) is 32.6 Å². The number of carbonyl (C=O) groups is 1. The molecule has 0 N–H and O–H groups in total. The van der Waals surface area contributed by atoms with E-state index in [1.54, 1.807) is 18.0 Å². The first-order valence-electron chi connectivity index (χ1n) is 8.62. The maximum absolute atomic E-state index is 12.7. The average molecular weight is 348 g/mol. The van der Waals surface area contributed by atoms with Gasteiger partial charge in [-0.25, -0.2) is 14.6 Å². The highest BCUT2D eigenvalue weighted by Gasteiger charge is 2.30. The molecule has 0 saturated carbocycles. The largest absolute Gasteiger partial charge is 0.497 e. The first kappa shape index (κ1) is 16.4. The lowest BCUT2D eigenvalue weighted by molar-refractivity contribution is 0.0963. The molecule has 4 rings (SSSR count). The van der Waals surface area contributed by atoms with E-state index in [4.69, 9.17) is 4.74 Å². The number of hydrogen-bond donors (Lipinski definition) is 0. The van der Waals surface area contributed by atoms with E-state index in [9.17, 15) is 4.79 Å². The molecule has 2 aromatic heterocycles. The van der Waals surface area contributed by atoms with E-state index < -0.39 is 0 Å². The maximum Gasteiger partial charge on any atom is 0.251 e. The van der Waals surface area contributed by atoms with Crippen LogP contribution in [0.25, 0.3) is 5.95 Å². The first-order chi connectivity index (χ1) is 12.5. The van der Waals surface area contributed by atoms with E-state index in [0.717, 1.165) is 34.8 Å². The van der Waals surface area contributed by atoms with E-state index in [2.05, 4.69) is 15.1 Å². The van der Waals surface area contributed by atoms with Crippen molar-refractivity contribution >= 4 is 5.78 Å². The number of fused-ring (bicyclic) bond motifs is 1. The van der Waals surface area contributed by atoms with Gasteiger partial charge in [0.05, 0.1) is 24.6 Å². The van der Waals surface area contributed by atoms with Gasteiger partial charge in [-0.2, -0.15) is 5.10 Å². The molecule has 6 nitrogen and oxygen atoms in total. The standard InChI is InChI=1S/C20H20N4O2/c1-12-8-13(2)23-20(22-12)24-18-9-15(10-19(25)17(18)11-21-24)14-4-6-16(26-3)7-5-14/h4-8,11,15H,9-10H2,1-3H3/t15-/m0/s1. The van der Waals surface area contributed by atoms with Gasteiger partial charge < -0.3 is 4.74 Å². The van der Waals surface area contributed by atoms with E-state index in [-0.39, 0.29) is 11.7 Å². The van der Waals surface area contributed by atoms with Crippen LogP contribution in [0.4, 0.5) is 0 Å². The fraction of sp³-hybridized carbons (Fsp3) is 0.300. The van der Waals surface area contributed by atoms with Gasteiger partial charge in [-0.05, 0) is 49.9 Å². The van der Waals surface area contributed by atoms with Gasteiger partial charge in [0.15, 0.2) is 5.78 Å². The molecule has 1 aromatic carbocycles. The van der Waals surface area contributed by atoms with Gasteiger partial charge in [-0.1, -0.05) is 12.1 Å². The summed E-state index contributed by atoms with van der Waals surface area (Å²) < 4.78 is 6.93. The molecule has 0 radical (unpaired) electrons. The molecule has 0 spiro atoms. The van der Waals surface area contributed by atoms with Gasteiger partial charge in [0.1, 0.15) is 5.75 Å². The number of methoxy groups -OCH3 is 1. The lowest BCUT2D eigenvalue weighted by atomic mass is 9.82. The summed E-state index contributed by atoms with van der Waals surface area (Å²) in [5.74, 6) is 1.56. The predicted molar refractivity (Wildman–Crippen MR) is 97.0 cm³/mol. The molecule has 1 aliphatic carbocycles. The molecule has 132 valence electrons. The van der Waals surface area contributed by atoms with E-state index in [0.29, 0.717) is 17.9 Å². The Kier molecular flexibility index (Phi) is 4.03. The second-order valence-corrected chi connectivity index (χ2v) is 6.67. The van der Waals surface area contributed by atoms with Gasteiger partial charge in [0, 0.05) is 17.8 Å². The molecule has 1 aliphatic rings. The summed E-state index contributed by atoms with van der Waals surface area (Å²) in [7, 11) is 1.65. The summed E-state index contributed by atoms with van der Waals surface area (Å²) in [5, 5.41) is 4.41. The number of ketones is 1. The quantitative estimate of drug-likeness (QED) is 0.727. The van der Waals surface area contributed by atoms with E-state index in [1.165, 1.54) is 0 Å². The molecular weight excluding hydrogens is 328 g/mol. The number of ether oxygens (including phenoxy) is 1. The molecule has 6 heteroatoms. The van der Waals surface area contributed by atoms with Crippen molar-refractivity contribution in [2.24, 2.45) is 0 Å². The van der Waals surface area contributed by atoms with Crippen LogP contribution in [0.3, 0.4) is 0 Å². The van der Waals surface area contributed by atoms with Crippen LogP contribution in [-0.4, -0.2) is 32.6 Å². The molecule has 1 atom stereocenters. The fourth-order valence-corrected chi connectivity index (χ4v) is 3.53. The molecule has 0 fully saturated rings. The van der Waals surface area contributed by atoms with Gasteiger partial charge in [-0.15, -0.1) is 0 Å². The molecule has 0 aliphatic heterocycles. The average Bonchev–Trinajstić information content (AvgIpc) is 3.05. The summed E-state index contributed by atoms with van der Waals surface area (Å²) in [6.07, 6.45) is 2.85. The second-order valence-electron chi connectivity index (χ2n) is 6.67. The number of hydrogen-bond acceptors (Lipinski definition) is 5. The Bertz CT molecular complexity index is 956. The van der Waals surface area contributed by atoms with E-state index in [1.807, 2.05) is 44.2 Å². The van der Waals surface area contributed by atoms with Crippen LogP contribution in [0.1, 0.15) is 45.3 Å². The van der Waals surface area contributed by atoms with Crippen molar-refractivity contribution in [3.05, 3.63) is 64.7 Å². The minimum absolute atomic E-state index is 0.113. The summed E-state index contributed by atoms with van der Waals surface area (Å²) in [5.41, 5.74) is 4.44. The number of aryl methyl sites for hydroxylation is 2. The Morgan fingerprint density at radius 1 is 1.08 bits per heavy atom. The van der Waals surface area contributed by atoms with Crippen LogP contribution in [0.5, 0.6) is 5.75 Å². The van der Waals surface area contributed by atoms with Crippen molar-refractivity contribution < 1.29 is 9.53 Å². The zero-order valence-electron chi connectivity index (χ0n) is 15.1. The van der Waals surface area contributed by atoms with Crippen LogP contribution in [-0.2, 0) is 6.42 Å². The highest BCUT2D eigenvalue weighted by Crippen LogP contribution is 2.34. The number of carbonyl (C=O) groups excluding carboxylic acids is 1. The smallest absolute Gasteiger partial charge is 0.251 e. The van der Waals surface area contributed by atoms with Crippen LogP contribution in [0.2, 0.25) is 0 Å². The van der Waals surface area contributed by atoms with Crippen molar-refractivity contribution in [2.75, 3.05) is 7.11 Å². The Balaban J connectivity index is 1.73. The second kappa shape index (κ2) is 6.37. The minimum Gasteiger partial charge on any atom is -0.497 e. The monoisotopic (exact) mass is 348 g/mol. The third-order valence-electron chi connectivity index (χ3n) is 4.79. The van der Waals surface area contributed by atoms with Crippen molar-refractivity contribution in [1.29, 1.82) is 0 Å². The van der Waals surface area contributed by atoms with Crippen molar-refractivity contribution in [3.63, 3.8) is 0 Å². The molecule has 26 heavy (non-hydrogen) atoms. The minimum atomic E-state index is 0.113. The molecule has 0 unspecified atom stereocenters. The highest BCUT2D eigenvalue weighted by atomic mass is 16.5. The van der Waals surface area contributed by atoms with Gasteiger partial charge >= 0.3 is 0 Å².